The second-order valence-electron chi connectivity index (χ2n) is 13.9. The molecule has 0 unspecified atom stereocenters. The molecule has 2 saturated heterocycles. The number of nitrogens with one attached hydrogen (secondary N) is 1. The van der Waals surface area contributed by atoms with Crippen LogP contribution in [0, 0.1) is 5.92 Å². The van der Waals surface area contributed by atoms with Crippen LogP contribution < -0.4 is 15.0 Å². The number of epoxide rings is 1. The first-order chi connectivity index (χ1) is 25.0. The Morgan fingerprint density at radius 1 is 1.25 bits per heavy atom. The summed E-state index contributed by atoms with van der Waals surface area (Å²) in [7, 11) is 6.10. The summed E-state index contributed by atoms with van der Waals surface area (Å²) in [5.74, 6) is -2.41. The number of alkyl carbamates (subject to hydrolysis) is 1. The number of hydrogen-bond acceptors (Lipinski definition) is 11. The Bertz CT molecular complexity index is 1620. The van der Waals surface area contributed by atoms with Crippen LogP contribution in [-0.4, -0.2) is 122 Å². The number of thioether (sulfide) groups is 1. The molecule has 0 aliphatic carbocycles. The molecule has 4 bridgehead atoms. The number of hydrogen-bond donors (Lipinski definition) is 2. The van der Waals surface area contributed by atoms with Gasteiger partial charge in [0, 0.05) is 45.7 Å². The maximum absolute atomic E-state index is 14.1. The van der Waals surface area contributed by atoms with Crippen LogP contribution in [0.4, 0.5) is 10.5 Å². The van der Waals surface area contributed by atoms with Crippen LogP contribution in [0.2, 0.25) is 5.02 Å². The second kappa shape index (κ2) is 18.0. The van der Waals surface area contributed by atoms with Crippen LogP contribution >= 0.6 is 23.4 Å². The number of ether oxygens (including phenoxy) is 5. The highest BCUT2D eigenvalue weighted by Crippen LogP contribution is 2.49. The van der Waals surface area contributed by atoms with Gasteiger partial charge in [0.2, 0.25) is 11.8 Å². The van der Waals surface area contributed by atoms with E-state index in [1.165, 1.54) is 30.9 Å². The van der Waals surface area contributed by atoms with Crippen LogP contribution in [0.15, 0.2) is 35.9 Å². The van der Waals surface area contributed by atoms with Gasteiger partial charge in [0.05, 0.1) is 43.2 Å². The summed E-state index contributed by atoms with van der Waals surface area (Å²) < 4.78 is 29.4. The van der Waals surface area contributed by atoms with E-state index in [2.05, 4.69) is 5.32 Å². The van der Waals surface area contributed by atoms with E-state index < -0.39 is 66.0 Å². The Morgan fingerprint density at radius 3 is 2.62 bits per heavy atom. The van der Waals surface area contributed by atoms with Gasteiger partial charge in [-0.15, -0.1) is 11.8 Å². The Balaban J connectivity index is 1.68. The first-order valence-electron chi connectivity index (χ1n) is 17.4. The van der Waals surface area contributed by atoms with Gasteiger partial charge >= 0.3 is 18.0 Å². The lowest BCUT2D eigenvalue weighted by atomic mass is 9.84. The number of benzene rings is 1. The molecule has 16 heteroatoms. The number of carbonyl (C=O) groups is 5. The fraction of sp³-hybridized carbons (Fsp3) is 0.595. The number of esters is 1. The second-order valence-corrected chi connectivity index (χ2v) is 15.4. The minimum atomic E-state index is -1.16. The molecule has 14 nitrogen and oxygen atoms in total. The van der Waals surface area contributed by atoms with Crippen molar-refractivity contribution >= 4 is 58.9 Å². The van der Waals surface area contributed by atoms with Gasteiger partial charge in [-0.25, -0.2) is 9.59 Å². The number of likely N-dealkylation sites (N-methyl/N-ethyl adjacent to an activating group) is 1. The molecule has 3 aliphatic rings. The summed E-state index contributed by atoms with van der Waals surface area (Å²) >= 11 is 7.85. The summed E-state index contributed by atoms with van der Waals surface area (Å²) in [6.45, 7) is 7.10. The van der Waals surface area contributed by atoms with Crippen LogP contribution in [-0.2, 0) is 44.5 Å². The highest BCUT2D eigenvalue weighted by atomic mass is 35.5. The van der Waals surface area contributed by atoms with E-state index in [1.54, 1.807) is 21.1 Å². The normalized spacial score (nSPS) is 29.7. The smallest absolute Gasteiger partial charge is 0.407 e. The average molecular weight is 780 g/mol. The number of allylic oxidation sites excluding steroid dienone is 3. The fourth-order valence-electron chi connectivity index (χ4n) is 6.66. The lowest BCUT2D eigenvalue weighted by molar-refractivity contribution is -0.161. The Morgan fingerprint density at radius 2 is 1.96 bits per heavy atom. The summed E-state index contributed by atoms with van der Waals surface area (Å²) in [5, 5.41) is 12.0. The number of anilines is 1. The molecule has 8 atom stereocenters. The molecule has 0 spiro atoms. The van der Waals surface area contributed by atoms with Crippen LogP contribution in [0.3, 0.4) is 0 Å². The van der Waals surface area contributed by atoms with Gasteiger partial charge in [-0.2, -0.15) is 0 Å². The van der Waals surface area contributed by atoms with E-state index in [4.69, 9.17) is 40.4 Å². The predicted octanol–water partition coefficient (Wildman–Crippen LogP) is 4.40. The molecule has 1 aromatic rings. The van der Waals surface area contributed by atoms with Crippen LogP contribution in [0.25, 0.3) is 0 Å². The van der Waals surface area contributed by atoms with Crippen molar-refractivity contribution in [3.05, 3.63) is 46.5 Å². The molecule has 2 fully saturated rings. The van der Waals surface area contributed by atoms with Gasteiger partial charge in [-0.05, 0) is 44.9 Å². The third-order valence-corrected chi connectivity index (χ3v) is 11.5. The quantitative estimate of drug-likeness (QED) is 0.195. The molecule has 0 radical (unpaired) electrons. The molecular formula is C37H50ClN3O11S. The van der Waals surface area contributed by atoms with E-state index in [0.29, 0.717) is 24.3 Å². The van der Waals surface area contributed by atoms with Gasteiger partial charge in [-0.1, -0.05) is 42.3 Å². The fourth-order valence-corrected chi connectivity index (χ4v) is 7.61. The summed E-state index contributed by atoms with van der Waals surface area (Å²) in [6.07, 6.45) is 2.99. The molecule has 2 N–H and O–H groups in total. The van der Waals surface area contributed by atoms with E-state index >= 15 is 0 Å². The molecule has 4 rings (SSSR count). The largest absolute Gasteiger partial charge is 0.495 e. The van der Waals surface area contributed by atoms with Gasteiger partial charge < -0.3 is 43.9 Å². The Kier molecular flexibility index (Phi) is 14.3. The molecule has 1 aromatic carbocycles. The topological polar surface area (TPSA) is 174 Å². The standard InChI is InChI=1S/C37H50ClN3O11S/c1-20-10-9-11-26(48-7)24-17-27(50-36(47)39-24)21(2)34-37(4,52-34)29(51-35(46)22(3)40(5)30(42)12-13-53-19-32(44)45)18-31(43)41(6)25-15-23(14-20)16-28(49-8)33(25)38/h9-11,15-16,21-22,24,26-27,29,34H,12-14,17-19H2,1-8H3,(H,39,47)(H,44,45)/b11-9+,20-10+/t21-,22+,24-,26-,27+,29+,34+,37+/m1/s1. The Hall–Kier alpha value is -3.79. The van der Waals surface area contributed by atoms with Gasteiger partial charge in [0.15, 0.2) is 0 Å². The van der Waals surface area contributed by atoms with E-state index in [0.717, 1.165) is 22.9 Å². The summed E-state index contributed by atoms with van der Waals surface area (Å²) in [4.78, 5) is 66.9. The number of carboxylic acids is 1. The van der Waals surface area contributed by atoms with Gasteiger partial charge in [0.1, 0.15) is 34.6 Å². The van der Waals surface area contributed by atoms with Crippen molar-refractivity contribution in [2.75, 3.05) is 44.7 Å². The third-order valence-electron chi connectivity index (χ3n) is 10.1. The minimum absolute atomic E-state index is 0.0213. The maximum atomic E-state index is 14.1. The number of rotatable bonds is 10. The molecule has 3 aliphatic heterocycles. The number of amides is 3. The lowest BCUT2D eigenvalue weighted by Crippen LogP contribution is -2.53. The maximum Gasteiger partial charge on any atom is 0.407 e. The first kappa shape index (κ1) is 42.0. The molecule has 53 heavy (non-hydrogen) atoms. The van der Waals surface area contributed by atoms with Crippen molar-refractivity contribution in [1.29, 1.82) is 0 Å². The highest BCUT2D eigenvalue weighted by molar-refractivity contribution is 7.99. The zero-order valence-corrected chi connectivity index (χ0v) is 33.0. The van der Waals surface area contributed by atoms with E-state index in [-0.39, 0.29) is 41.2 Å². The van der Waals surface area contributed by atoms with Crippen LogP contribution in [0.5, 0.6) is 5.75 Å². The van der Waals surface area contributed by atoms with Gasteiger partial charge in [-0.3, -0.25) is 14.4 Å². The SMILES string of the molecule is COc1cc2cc(c1Cl)N(C)C(=O)C[C@H](OC(=O)[C@H](C)N(C)C(=O)CCSCC(=O)O)[C@]1(C)O[C@H]1[C@H](C)[C@@H]1C[C@@H](NC(=O)O1)[C@H](OC)/C=C/C=C(\C)C2. The predicted molar refractivity (Wildman–Crippen MR) is 199 cm³/mol. The number of methoxy groups -OCH3 is 2. The molecule has 292 valence electrons. The third kappa shape index (κ3) is 10.3. The summed E-state index contributed by atoms with van der Waals surface area (Å²) in [6, 6.07) is 2.18. The van der Waals surface area contributed by atoms with Crippen molar-refractivity contribution < 1.29 is 52.8 Å². The number of halogens is 1. The number of fused-ring (bicyclic) bond motifs is 5. The number of nitrogens with zero attached hydrogens (tertiary/aromatic N) is 2. The van der Waals surface area contributed by atoms with E-state index in [1.807, 2.05) is 44.2 Å². The number of carbonyl (C=O) groups excluding carboxylic acids is 4. The van der Waals surface area contributed by atoms with E-state index in [9.17, 15) is 24.0 Å². The van der Waals surface area contributed by atoms with Crippen molar-refractivity contribution in [3.8, 4) is 5.75 Å². The molecule has 3 heterocycles. The molecule has 3 amide bonds. The van der Waals surface area contributed by atoms with Crippen molar-refractivity contribution in [2.24, 2.45) is 5.92 Å². The number of aliphatic carboxylic acids is 1. The zero-order valence-electron chi connectivity index (χ0n) is 31.4. The Labute approximate surface area is 319 Å². The zero-order chi connectivity index (χ0) is 39.2. The number of carboxylic acid groups (broad SMARTS) is 1. The first-order valence-corrected chi connectivity index (χ1v) is 18.9. The highest BCUT2D eigenvalue weighted by Gasteiger charge is 2.64. The lowest BCUT2D eigenvalue weighted by Gasteiger charge is -2.36. The molecular weight excluding hydrogens is 730 g/mol. The van der Waals surface area contributed by atoms with Crippen molar-refractivity contribution in [1.82, 2.24) is 10.2 Å². The summed E-state index contributed by atoms with van der Waals surface area (Å²) in [5.41, 5.74) is 1.06. The van der Waals surface area contributed by atoms with Gasteiger partial charge in [0.25, 0.3) is 0 Å². The monoisotopic (exact) mass is 779 g/mol. The molecule has 0 saturated carbocycles. The van der Waals surface area contributed by atoms with Crippen molar-refractivity contribution in [2.45, 2.75) is 95.5 Å². The molecule has 0 aromatic heterocycles. The van der Waals surface area contributed by atoms with Crippen molar-refractivity contribution in [3.63, 3.8) is 0 Å². The minimum Gasteiger partial charge on any atom is -0.495 e. The van der Waals surface area contributed by atoms with Crippen LogP contribution in [0.1, 0.15) is 52.5 Å². The average Bonchev–Trinajstić information content (AvgIpc) is 3.82.